The molecule has 15 heavy (non-hydrogen) atoms. The zero-order chi connectivity index (χ0) is 10.5. The van der Waals surface area contributed by atoms with Crippen LogP contribution in [0.5, 0.6) is 0 Å². The second-order valence-corrected chi connectivity index (χ2v) is 3.66. The van der Waals surface area contributed by atoms with Crippen molar-refractivity contribution in [3.63, 3.8) is 0 Å². The third-order valence-electron chi connectivity index (χ3n) is 2.53. The molecule has 0 amide bonds. The summed E-state index contributed by atoms with van der Waals surface area (Å²) in [5, 5.41) is 3.33. The van der Waals surface area contributed by atoms with Crippen LogP contribution in [0.2, 0.25) is 0 Å². The molecule has 1 N–H and O–H groups in total. The summed E-state index contributed by atoms with van der Waals surface area (Å²) in [5.41, 5.74) is 0.994. The zero-order valence-corrected chi connectivity index (χ0v) is 9.07. The van der Waals surface area contributed by atoms with Crippen molar-refractivity contribution in [1.29, 1.82) is 0 Å². The van der Waals surface area contributed by atoms with Crippen LogP contribution < -0.4 is 10.2 Å². The number of aromatic nitrogens is 1. The molecule has 0 saturated carbocycles. The topological polar surface area (TPSA) is 37.4 Å². The minimum Gasteiger partial charge on any atom is -0.378 e. The van der Waals surface area contributed by atoms with Crippen LogP contribution >= 0.6 is 0 Å². The van der Waals surface area contributed by atoms with Crippen molar-refractivity contribution in [1.82, 2.24) is 10.3 Å². The highest BCUT2D eigenvalue weighted by Crippen LogP contribution is 2.12. The highest BCUT2D eigenvalue weighted by molar-refractivity contribution is 5.39. The molecule has 1 aliphatic heterocycles. The van der Waals surface area contributed by atoms with Gasteiger partial charge in [-0.25, -0.2) is 4.98 Å². The van der Waals surface area contributed by atoms with E-state index in [1.165, 1.54) is 0 Å². The number of pyridine rings is 1. The van der Waals surface area contributed by atoms with Gasteiger partial charge < -0.3 is 15.0 Å². The molecule has 1 aliphatic rings. The first-order chi connectivity index (χ1) is 7.40. The van der Waals surface area contributed by atoms with E-state index < -0.39 is 0 Å². The summed E-state index contributed by atoms with van der Waals surface area (Å²) in [5.74, 6) is 1.06. The van der Waals surface area contributed by atoms with E-state index in [4.69, 9.17) is 4.74 Å². The first kappa shape index (κ1) is 10.4. The van der Waals surface area contributed by atoms with Gasteiger partial charge in [-0.15, -0.1) is 0 Å². The van der Waals surface area contributed by atoms with Crippen molar-refractivity contribution >= 4 is 5.82 Å². The van der Waals surface area contributed by atoms with Crippen molar-refractivity contribution < 1.29 is 4.74 Å². The molecule has 1 aromatic heterocycles. The number of piperazine rings is 1. The molecule has 1 saturated heterocycles. The average molecular weight is 207 g/mol. The molecule has 0 aliphatic carbocycles. The molecule has 0 aromatic carbocycles. The Morgan fingerprint density at radius 1 is 1.40 bits per heavy atom. The molecular weight excluding hydrogens is 190 g/mol. The van der Waals surface area contributed by atoms with Crippen LogP contribution in [0.25, 0.3) is 0 Å². The summed E-state index contributed by atoms with van der Waals surface area (Å²) in [6, 6.07) is 6.10. The maximum absolute atomic E-state index is 5.08. The van der Waals surface area contributed by atoms with Gasteiger partial charge in [-0.2, -0.15) is 0 Å². The fourth-order valence-corrected chi connectivity index (χ4v) is 1.77. The number of anilines is 1. The number of rotatable bonds is 3. The molecule has 1 aromatic rings. The fraction of sp³-hybridized carbons (Fsp3) is 0.545. The van der Waals surface area contributed by atoms with Gasteiger partial charge in [-0.05, 0) is 12.1 Å². The first-order valence-corrected chi connectivity index (χ1v) is 5.30. The number of ether oxygens (including phenoxy) is 1. The summed E-state index contributed by atoms with van der Waals surface area (Å²) in [7, 11) is 1.69. The van der Waals surface area contributed by atoms with Crippen molar-refractivity contribution in [2.45, 2.75) is 6.61 Å². The Balaban J connectivity index is 2.09. The monoisotopic (exact) mass is 207 g/mol. The minimum atomic E-state index is 0.583. The van der Waals surface area contributed by atoms with Gasteiger partial charge in [0.25, 0.3) is 0 Å². The molecule has 4 heteroatoms. The quantitative estimate of drug-likeness (QED) is 0.789. The number of methoxy groups -OCH3 is 1. The molecule has 4 nitrogen and oxygen atoms in total. The Kier molecular flexibility index (Phi) is 3.53. The highest BCUT2D eigenvalue weighted by atomic mass is 16.5. The van der Waals surface area contributed by atoms with Gasteiger partial charge in [0.1, 0.15) is 5.82 Å². The first-order valence-electron chi connectivity index (χ1n) is 5.30. The molecule has 0 atom stereocenters. The Hall–Kier alpha value is -1.13. The van der Waals surface area contributed by atoms with Crippen LogP contribution in [-0.4, -0.2) is 38.3 Å². The van der Waals surface area contributed by atoms with Crippen LogP contribution in [0.4, 0.5) is 5.82 Å². The summed E-state index contributed by atoms with van der Waals surface area (Å²) in [6.45, 7) is 4.72. The summed E-state index contributed by atoms with van der Waals surface area (Å²) in [4.78, 5) is 6.86. The molecule has 0 spiro atoms. The van der Waals surface area contributed by atoms with E-state index in [2.05, 4.69) is 21.3 Å². The zero-order valence-electron chi connectivity index (χ0n) is 9.07. The highest BCUT2D eigenvalue weighted by Gasteiger charge is 2.11. The van der Waals surface area contributed by atoms with E-state index in [0.717, 1.165) is 37.7 Å². The van der Waals surface area contributed by atoms with E-state index in [-0.39, 0.29) is 0 Å². The lowest BCUT2D eigenvalue weighted by Gasteiger charge is -2.28. The Labute approximate surface area is 90.3 Å². The van der Waals surface area contributed by atoms with Gasteiger partial charge >= 0.3 is 0 Å². The largest absolute Gasteiger partial charge is 0.378 e. The van der Waals surface area contributed by atoms with Gasteiger partial charge in [0.2, 0.25) is 0 Å². The van der Waals surface area contributed by atoms with Gasteiger partial charge in [0.15, 0.2) is 0 Å². The smallest absolute Gasteiger partial charge is 0.128 e. The SMILES string of the molecule is COCc1cccc(N2CCNCC2)n1. The predicted molar refractivity (Wildman–Crippen MR) is 60.0 cm³/mol. The molecule has 0 radical (unpaired) electrons. The fourth-order valence-electron chi connectivity index (χ4n) is 1.77. The molecular formula is C11H17N3O. The summed E-state index contributed by atoms with van der Waals surface area (Å²) >= 11 is 0. The average Bonchev–Trinajstić information content (AvgIpc) is 2.31. The van der Waals surface area contributed by atoms with Crippen molar-refractivity contribution in [3.8, 4) is 0 Å². The third kappa shape index (κ3) is 2.67. The lowest BCUT2D eigenvalue weighted by Crippen LogP contribution is -2.43. The number of hydrogen-bond acceptors (Lipinski definition) is 4. The predicted octanol–water partition coefficient (Wildman–Crippen LogP) is 0.638. The van der Waals surface area contributed by atoms with Gasteiger partial charge in [-0.3, -0.25) is 0 Å². The van der Waals surface area contributed by atoms with Gasteiger partial charge in [0, 0.05) is 33.3 Å². The Morgan fingerprint density at radius 2 is 2.20 bits per heavy atom. The standard InChI is InChI=1S/C11H17N3O/c1-15-9-10-3-2-4-11(13-10)14-7-5-12-6-8-14/h2-4,12H,5-9H2,1H3. The van der Waals surface area contributed by atoms with Crippen molar-refractivity contribution in [2.75, 3.05) is 38.2 Å². The Bertz CT molecular complexity index is 310. The van der Waals surface area contributed by atoms with Gasteiger partial charge in [0.05, 0.1) is 12.3 Å². The number of nitrogens with zero attached hydrogens (tertiary/aromatic N) is 2. The maximum Gasteiger partial charge on any atom is 0.128 e. The molecule has 82 valence electrons. The number of hydrogen-bond donors (Lipinski definition) is 1. The van der Waals surface area contributed by atoms with E-state index in [0.29, 0.717) is 6.61 Å². The van der Waals surface area contributed by atoms with Crippen molar-refractivity contribution in [3.05, 3.63) is 23.9 Å². The van der Waals surface area contributed by atoms with Crippen LogP contribution in [0.15, 0.2) is 18.2 Å². The second-order valence-electron chi connectivity index (χ2n) is 3.66. The Morgan fingerprint density at radius 3 is 2.93 bits per heavy atom. The van der Waals surface area contributed by atoms with E-state index >= 15 is 0 Å². The van der Waals surface area contributed by atoms with E-state index in [1.54, 1.807) is 7.11 Å². The molecule has 0 bridgehead atoms. The summed E-state index contributed by atoms with van der Waals surface area (Å²) < 4.78 is 5.08. The molecule has 0 unspecified atom stereocenters. The van der Waals surface area contributed by atoms with Crippen LogP contribution in [0, 0.1) is 0 Å². The normalized spacial score (nSPS) is 16.7. The van der Waals surface area contributed by atoms with Gasteiger partial charge in [-0.1, -0.05) is 6.07 Å². The van der Waals surface area contributed by atoms with Crippen LogP contribution in [0.3, 0.4) is 0 Å². The third-order valence-corrected chi connectivity index (χ3v) is 2.53. The molecule has 2 heterocycles. The number of nitrogens with one attached hydrogen (secondary N) is 1. The molecule has 2 rings (SSSR count). The maximum atomic E-state index is 5.08. The van der Waals surface area contributed by atoms with Crippen molar-refractivity contribution in [2.24, 2.45) is 0 Å². The van der Waals surface area contributed by atoms with Crippen LogP contribution in [-0.2, 0) is 11.3 Å². The van der Waals surface area contributed by atoms with E-state index in [9.17, 15) is 0 Å². The lowest BCUT2D eigenvalue weighted by atomic mass is 10.3. The van der Waals surface area contributed by atoms with E-state index in [1.807, 2.05) is 12.1 Å². The minimum absolute atomic E-state index is 0.583. The summed E-state index contributed by atoms with van der Waals surface area (Å²) in [6.07, 6.45) is 0. The molecule has 1 fully saturated rings. The second kappa shape index (κ2) is 5.09. The lowest BCUT2D eigenvalue weighted by molar-refractivity contribution is 0.181. The van der Waals surface area contributed by atoms with Crippen LogP contribution in [0.1, 0.15) is 5.69 Å².